The maximum Gasteiger partial charge on any atom is 0.387 e. The van der Waals surface area contributed by atoms with E-state index in [1.807, 2.05) is 0 Å². The van der Waals surface area contributed by atoms with E-state index < -0.39 is 42.2 Å². The van der Waals surface area contributed by atoms with E-state index in [2.05, 4.69) is 25.7 Å². The van der Waals surface area contributed by atoms with E-state index in [1.54, 1.807) is 0 Å². The predicted octanol–water partition coefficient (Wildman–Crippen LogP) is 6.36. The Bertz CT molecular complexity index is 1230. The Hall–Kier alpha value is -3.21. The third-order valence-corrected chi connectivity index (χ3v) is 5.87. The summed E-state index contributed by atoms with van der Waals surface area (Å²) < 4.78 is 74.1. The fraction of sp³-hybridized carbons (Fsp3) is 0.217. The topological polar surface area (TPSA) is 45.7 Å². The highest BCUT2D eigenvalue weighted by molar-refractivity contribution is 9.10. The lowest BCUT2D eigenvalue weighted by Gasteiger charge is -2.29. The second-order valence-corrected chi connectivity index (χ2v) is 8.43. The maximum absolute atomic E-state index is 14.7. The van der Waals surface area contributed by atoms with Crippen LogP contribution in [0.3, 0.4) is 0 Å². The van der Waals surface area contributed by atoms with Gasteiger partial charge in [-0.05, 0) is 37.6 Å². The lowest BCUT2D eigenvalue weighted by Crippen LogP contribution is -2.42. The number of rotatable bonds is 5. The van der Waals surface area contributed by atoms with Crippen molar-refractivity contribution in [2.75, 3.05) is 16.3 Å². The Morgan fingerprint density at radius 1 is 1.12 bits per heavy atom. The second-order valence-electron chi connectivity index (χ2n) is 7.51. The largest absolute Gasteiger partial charge is 0.433 e. The smallest absolute Gasteiger partial charge is 0.387 e. The van der Waals surface area contributed by atoms with Crippen LogP contribution in [0.25, 0.3) is 0 Å². The summed E-state index contributed by atoms with van der Waals surface area (Å²) in [5.41, 5.74) is 0.230. The number of urea groups is 1. The van der Waals surface area contributed by atoms with Gasteiger partial charge in [-0.1, -0.05) is 22.0 Å². The first-order valence-electron chi connectivity index (χ1n) is 10.1. The summed E-state index contributed by atoms with van der Waals surface area (Å²) in [4.78, 5) is 19.8. The predicted molar refractivity (Wildman–Crippen MR) is 119 cm³/mol. The zero-order valence-electron chi connectivity index (χ0n) is 17.7. The minimum Gasteiger partial charge on any atom is -0.433 e. The second kappa shape index (κ2) is 9.57. The van der Waals surface area contributed by atoms with E-state index in [-0.39, 0.29) is 45.8 Å². The van der Waals surface area contributed by atoms with E-state index in [0.29, 0.717) is 0 Å². The van der Waals surface area contributed by atoms with Crippen LogP contribution in [0.5, 0.6) is 5.75 Å². The molecule has 0 radical (unpaired) electrons. The minimum absolute atomic E-state index is 0.0343. The normalized spacial score (nSPS) is 13.8. The quantitative estimate of drug-likeness (QED) is 0.353. The first kappa shape index (κ1) is 23.9. The number of aryl methyl sites for hydroxylation is 1. The molecule has 3 aromatic rings. The zero-order valence-corrected chi connectivity index (χ0v) is 19.3. The monoisotopic (exact) mass is 541 g/mol. The molecule has 0 unspecified atom stereocenters. The number of carbonyl (C=O) groups is 1. The Labute approximate surface area is 199 Å². The number of hydrogen-bond acceptors (Lipinski definition) is 3. The van der Waals surface area contributed by atoms with Crippen LogP contribution in [-0.2, 0) is 13.0 Å². The third-order valence-electron chi connectivity index (χ3n) is 5.41. The highest BCUT2D eigenvalue weighted by atomic mass is 79.9. The number of benzene rings is 2. The number of nitrogens with zero attached hydrogens (tertiary/aromatic N) is 3. The highest BCUT2D eigenvalue weighted by Gasteiger charge is 2.32. The van der Waals surface area contributed by atoms with Crippen molar-refractivity contribution >= 4 is 33.3 Å². The van der Waals surface area contributed by atoms with Gasteiger partial charge in [-0.2, -0.15) is 8.78 Å². The molecule has 34 heavy (non-hydrogen) atoms. The van der Waals surface area contributed by atoms with Gasteiger partial charge in [0.1, 0.15) is 23.2 Å². The van der Waals surface area contributed by atoms with Crippen molar-refractivity contribution in [3.8, 4) is 5.75 Å². The van der Waals surface area contributed by atoms with Gasteiger partial charge in [-0.3, -0.25) is 14.8 Å². The van der Waals surface area contributed by atoms with Crippen molar-refractivity contribution in [3.05, 3.63) is 81.3 Å². The van der Waals surface area contributed by atoms with Crippen LogP contribution in [-0.4, -0.2) is 24.2 Å². The summed E-state index contributed by atoms with van der Waals surface area (Å²) in [7, 11) is 0. The molecule has 0 spiro atoms. The molecule has 1 aromatic heterocycles. The van der Waals surface area contributed by atoms with Gasteiger partial charge in [0.25, 0.3) is 0 Å². The van der Waals surface area contributed by atoms with Gasteiger partial charge >= 0.3 is 12.6 Å². The van der Waals surface area contributed by atoms with Gasteiger partial charge in [0.15, 0.2) is 0 Å². The van der Waals surface area contributed by atoms with Crippen LogP contribution in [0.1, 0.15) is 16.8 Å². The van der Waals surface area contributed by atoms with Crippen molar-refractivity contribution in [1.29, 1.82) is 0 Å². The third kappa shape index (κ3) is 4.70. The standard InChI is InChI=1S/C23H17BrF5N3O2/c1-12-21(34-22(28)29)9-14(10-30-12)31-6-5-15-17(25)3-2-4-20(15)32(23(31)33)11-16-18(26)7-13(24)8-19(16)27/h2-4,7-10,22H,5-6,11H2,1H3. The van der Waals surface area contributed by atoms with Crippen LogP contribution < -0.4 is 14.5 Å². The summed E-state index contributed by atoms with van der Waals surface area (Å²) in [6.07, 6.45) is 1.35. The van der Waals surface area contributed by atoms with Crippen molar-refractivity contribution in [2.45, 2.75) is 26.5 Å². The molecule has 2 aromatic carbocycles. The SMILES string of the molecule is Cc1ncc(N2CCc3c(F)cccc3N(Cc3c(F)cc(Br)cc3F)C2=O)cc1OC(F)F. The lowest BCUT2D eigenvalue weighted by molar-refractivity contribution is -0.0505. The summed E-state index contributed by atoms with van der Waals surface area (Å²) >= 11 is 3.01. The molecule has 1 aliphatic heterocycles. The molecule has 0 aliphatic carbocycles. The molecule has 2 heterocycles. The zero-order chi connectivity index (χ0) is 24.6. The van der Waals surface area contributed by atoms with E-state index in [9.17, 15) is 26.7 Å². The summed E-state index contributed by atoms with van der Waals surface area (Å²) in [6.45, 7) is -2.21. The minimum atomic E-state index is -3.10. The van der Waals surface area contributed by atoms with Crippen molar-refractivity contribution in [3.63, 3.8) is 0 Å². The van der Waals surface area contributed by atoms with Crippen molar-refractivity contribution < 1.29 is 31.5 Å². The number of hydrogen-bond donors (Lipinski definition) is 0. The number of carbonyl (C=O) groups excluding carboxylic acids is 1. The maximum atomic E-state index is 14.7. The Kier molecular flexibility index (Phi) is 6.74. The summed E-state index contributed by atoms with van der Waals surface area (Å²) in [5.74, 6) is -2.60. The summed E-state index contributed by atoms with van der Waals surface area (Å²) in [5, 5.41) is 0. The Balaban J connectivity index is 1.79. The van der Waals surface area contributed by atoms with Crippen LogP contribution in [0, 0.1) is 24.4 Å². The van der Waals surface area contributed by atoms with Gasteiger partial charge in [-0.15, -0.1) is 0 Å². The number of anilines is 2. The molecular formula is C23H17BrF5N3O2. The molecule has 0 saturated heterocycles. The number of ether oxygens (including phenoxy) is 1. The van der Waals surface area contributed by atoms with Crippen LogP contribution in [0.2, 0.25) is 0 Å². The van der Waals surface area contributed by atoms with Gasteiger partial charge in [0.2, 0.25) is 0 Å². The molecule has 0 fully saturated rings. The molecule has 0 N–H and O–H groups in total. The van der Waals surface area contributed by atoms with E-state index in [4.69, 9.17) is 0 Å². The van der Waals surface area contributed by atoms with Gasteiger partial charge in [-0.25, -0.2) is 18.0 Å². The molecule has 0 atom stereocenters. The van der Waals surface area contributed by atoms with Gasteiger partial charge in [0, 0.05) is 28.2 Å². The highest BCUT2D eigenvalue weighted by Crippen LogP contribution is 2.34. The first-order valence-corrected chi connectivity index (χ1v) is 10.9. The molecular weight excluding hydrogens is 525 g/mol. The molecule has 1 aliphatic rings. The average Bonchev–Trinajstić information content (AvgIpc) is 2.89. The molecule has 0 bridgehead atoms. The fourth-order valence-electron chi connectivity index (χ4n) is 3.75. The molecule has 4 rings (SSSR count). The molecule has 11 heteroatoms. The number of fused-ring (bicyclic) bond motifs is 1. The van der Waals surface area contributed by atoms with Crippen molar-refractivity contribution in [1.82, 2.24) is 4.98 Å². The van der Waals surface area contributed by atoms with Gasteiger partial charge in [0.05, 0.1) is 29.8 Å². The van der Waals surface area contributed by atoms with E-state index in [0.717, 1.165) is 17.0 Å². The van der Waals surface area contributed by atoms with Crippen molar-refractivity contribution in [2.24, 2.45) is 0 Å². The molecule has 5 nitrogen and oxygen atoms in total. The fourth-order valence-corrected chi connectivity index (χ4v) is 4.16. The first-order chi connectivity index (χ1) is 16.2. The molecule has 2 amide bonds. The van der Waals surface area contributed by atoms with Crippen LogP contribution in [0.15, 0.2) is 47.1 Å². The Morgan fingerprint density at radius 3 is 2.50 bits per heavy atom. The van der Waals surface area contributed by atoms with Crippen LogP contribution in [0.4, 0.5) is 38.1 Å². The number of amides is 2. The average molecular weight is 542 g/mol. The van der Waals surface area contributed by atoms with Gasteiger partial charge < -0.3 is 4.74 Å². The molecule has 178 valence electrons. The number of alkyl halides is 2. The number of halogens is 6. The number of aromatic nitrogens is 1. The number of pyridine rings is 1. The Morgan fingerprint density at radius 2 is 1.82 bits per heavy atom. The van der Waals surface area contributed by atoms with Crippen LogP contribution >= 0.6 is 15.9 Å². The van der Waals surface area contributed by atoms with E-state index >= 15 is 0 Å². The summed E-state index contributed by atoms with van der Waals surface area (Å²) in [6, 6.07) is 6.69. The molecule has 0 saturated carbocycles. The van der Waals surface area contributed by atoms with E-state index in [1.165, 1.54) is 42.3 Å². The lowest BCUT2D eigenvalue weighted by atomic mass is 10.1.